The Bertz CT molecular complexity index is 512. The van der Waals surface area contributed by atoms with Crippen molar-refractivity contribution in [1.29, 1.82) is 0 Å². The molecule has 0 fully saturated rings. The fraction of sp³-hybridized carbons (Fsp3) is 0.429. The van der Waals surface area contributed by atoms with Crippen LogP contribution in [0.3, 0.4) is 0 Å². The number of benzene rings is 1. The minimum Gasteiger partial charge on any atom is -0.493 e. The number of hydrogen-bond acceptors (Lipinski definition) is 3. The number of hydrogen-bond donors (Lipinski definition) is 1. The minimum atomic E-state index is -1.11. The summed E-state index contributed by atoms with van der Waals surface area (Å²) in [4.78, 5) is 24.2. The van der Waals surface area contributed by atoms with Gasteiger partial charge < -0.3 is 14.7 Å². The second-order valence-electron chi connectivity index (χ2n) is 4.70. The van der Waals surface area contributed by atoms with Crippen LogP contribution in [0.4, 0.5) is 5.69 Å². The van der Waals surface area contributed by atoms with E-state index in [-0.39, 0.29) is 0 Å². The van der Waals surface area contributed by atoms with E-state index in [2.05, 4.69) is 0 Å². The molecule has 1 heterocycles. The third-order valence-corrected chi connectivity index (χ3v) is 3.35. The van der Waals surface area contributed by atoms with Gasteiger partial charge in [-0.15, -0.1) is 0 Å². The fourth-order valence-electron chi connectivity index (χ4n) is 2.08. The summed E-state index contributed by atoms with van der Waals surface area (Å²) in [7, 11) is 1.59. The number of carboxylic acids is 1. The Labute approximate surface area is 111 Å². The summed E-state index contributed by atoms with van der Waals surface area (Å²) < 4.78 is 5.51. The van der Waals surface area contributed by atoms with E-state index in [9.17, 15) is 9.59 Å². The third-order valence-electron chi connectivity index (χ3n) is 3.35. The van der Waals surface area contributed by atoms with Gasteiger partial charge in [-0.3, -0.25) is 9.59 Å². The van der Waals surface area contributed by atoms with Gasteiger partial charge in [-0.05, 0) is 43.5 Å². The molecule has 1 unspecified atom stereocenters. The molecular formula is C14H17NO4. The first kappa shape index (κ1) is 13.4. The molecule has 1 aromatic rings. The van der Waals surface area contributed by atoms with Crippen molar-refractivity contribution in [2.75, 3.05) is 18.6 Å². The molecule has 1 aromatic carbocycles. The van der Waals surface area contributed by atoms with Crippen molar-refractivity contribution in [3.05, 3.63) is 23.8 Å². The van der Waals surface area contributed by atoms with Crippen molar-refractivity contribution in [2.45, 2.75) is 19.8 Å². The lowest BCUT2D eigenvalue weighted by atomic mass is 10.0. The van der Waals surface area contributed by atoms with Crippen LogP contribution in [0, 0.1) is 5.92 Å². The first-order valence-corrected chi connectivity index (χ1v) is 6.27. The average Bonchev–Trinajstić information content (AvgIpc) is 2.44. The summed E-state index contributed by atoms with van der Waals surface area (Å²) in [5.41, 5.74) is 1.76. The molecule has 0 saturated heterocycles. The molecule has 0 aromatic heterocycles. The third kappa shape index (κ3) is 2.70. The molecule has 0 radical (unpaired) electrons. The molecule has 0 saturated carbocycles. The second-order valence-corrected chi connectivity index (χ2v) is 4.70. The van der Waals surface area contributed by atoms with Crippen molar-refractivity contribution in [2.24, 2.45) is 5.92 Å². The van der Waals surface area contributed by atoms with Gasteiger partial charge in [0.1, 0.15) is 11.7 Å². The number of anilines is 1. The number of carboxylic acid groups (broad SMARTS) is 1. The van der Waals surface area contributed by atoms with E-state index in [1.165, 1.54) is 11.8 Å². The molecule has 102 valence electrons. The maximum absolute atomic E-state index is 12.0. The Kier molecular flexibility index (Phi) is 3.74. The first-order chi connectivity index (χ1) is 9.00. The number of aryl methyl sites for hydroxylation is 1. The highest BCUT2D eigenvalue weighted by molar-refractivity contribution is 6.05. The van der Waals surface area contributed by atoms with Crippen LogP contribution >= 0.6 is 0 Å². The van der Waals surface area contributed by atoms with Crippen LogP contribution < -0.4 is 9.64 Å². The number of rotatable bonds is 3. The van der Waals surface area contributed by atoms with Gasteiger partial charge in [-0.1, -0.05) is 0 Å². The predicted molar refractivity (Wildman–Crippen MR) is 70.5 cm³/mol. The largest absolute Gasteiger partial charge is 0.493 e. The molecule has 5 nitrogen and oxygen atoms in total. The quantitative estimate of drug-likeness (QED) is 0.843. The smallest absolute Gasteiger partial charge is 0.315 e. The van der Waals surface area contributed by atoms with E-state index in [1.807, 2.05) is 12.1 Å². The van der Waals surface area contributed by atoms with E-state index >= 15 is 0 Å². The minimum absolute atomic E-state index is 0.427. The Hall–Kier alpha value is -2.04. The highest BCUT2D eigenvalue weighted by atomic mass is 16.5. The lowest BCUT2D eigenvalue weighted by molar-refractivity contribution is -0.145. The molecule has 1 atom stereocenters. The Morgan fingerprint density at radius 1 is 1.42 bits per heavy atom. The average molecular weight is 263 g/mol. The van der Waals surface area contributed by atoms with E-state index in [0.717, 1.165) is 30.8 Å². The number of nitrogens with zero attached hydrogens (tertiary/aromatic N) is 1. The summed E-state index contributed by atoms with van der Waals surface area (Å²) in [6.07, 6.45) is 1.87. The van der Waals surface area contributed by atoms with Crippen LogP contribution in [-0.2, 0) is 16.0 Å². The maximum Gasteiger partial charge on any atom is 0.315 e. The number of aliphatic carboxylic acids is 1. The molecule has 1 aliphatic heterocycles. The van der Waals surface area contributed by atoms with Gasteiger partial charge in [0.05, 0.1) is 6.61 Å². The molecule has 0 aliphatic carbocycles. The maximum atomic E-state index is 12.0. The van der Waals surface area contributed by atoms with Crippen LogP contribution in [0.15, 0.2) is 18.2 Å². The van der Waals surface area contributed by atoms with E-state index in [0.29, 0.717) is 5.69 Å². The zero-order valence-electron chi connectivity index (χ0n) is 11.0. The molecular weight excluding hydrogens is 246 g/mol. The van der Waals surface area contributed by atoms with Gasteiger partial charge in [0.25, 0.3) is 0 Å². The normalized spacial score (nSPS) is 15.1. The second kappa shape index (κ2) is 5.30. The van der Waals surface area contributed by atoms with Crippen molar-refractivity contribution >= 4 is 17.6 Å². The van der Waals surface area contributed by atoms with Crippen LogP contribution in [0.1, 0.15) is 18.9 Å². The van der Waals surface area contributed by atoms with Crippen molar-refractivity contribution in [3.8, 4) is 5.75 Å². The van der Waals surface area contributed by atoms with Gasteiger partial charge in [0, 0.05) is 12.7 Å². The first-order valence-electron chi connectivity index (χ1n) is 6.27. The Morgan fingerprint density at radius 2 is 2.16 bits per heavy atom. The number of ether oxygens (including phenoxy) is 1. The van der Waals surface area contributed by atoms with Gasteiger partial charge in [-0.25, -0.2) is 0 Å². The Morgan fingerprint density at radius 3 is 2.84 bits per heavy atom. The van der Waals surface area contributed by atoms with Crippen LogP contribution in [0.25, 0.3) is 0 Å². The van der Waals surface area contributed by atoms with Crippen molar-refractivity contribution < 1.29 is 19.4 Å². The summed E-state index contributed by atoms with van der Waals surface area (Å²) in [5, 5.41) is 8.87. The summed E-state index contributed by atoms with van der Waals surface area (Å²) >= 11 is 0. The molecule has 19 heavy (non-hydrogen) atoms. The number of carbonyl (C=O) groups is 2. The van der Waals surface area contributed by atoms with E-state index < -0.39 is 17.8 Å². The number of amides is 1. The topological polar surface area (TPSA) is 66.8 Å². The number of carbonyl (C=O) groups excluding carboxylic acids is 1. The monoisotopic (exact) mass is 263 g/mol. The van der Waals surface area contributed by atoms with Crippen molar-refractivity contribution in [3.63, 3.8) is 0 Å². The molecule has 1 N–H and O–H groups in total. The van der Waals surface area contributed by atoms with Crippen molar-refractivity contribution in [1.82, 2.24) is 0 Å². The van der Waals surface area contributed by atoms with Crippen LogP contribution in [0.5, 0.6) is 5.75 Å². The molecule has 1 aliphatic rings. The van der Waals surface area contributed by atoms with Crippen LogP contribution in [-0.4, -0.2) is 30.6 Å². The SMILES string of the molecule is CC(C(=O)O)C(=O)N(C)c1ccc2c(c1)CCCO2. The molecule has 5 heteroatoms. The lowest BCUT2D eigenvalue weighted by Crippen LogP contribution is -2.35. The fourth-order valence-corrected chi connectivity index (χ4v) is 2.08. The van der Waals surface area contributed by atoms with Gasteiger partial charge in [0.15, 0.2) is 0 Å². The van der Waals surface area contributed by atoms with Gasteiger partial charge in [0.2, 0.25) is 5.91 Å². The zero-order chi connectivity index (χ0) is 14.0. The highest BCUT2D eigenvalue weighted by Crippen LogP contribution is 2.29. The molecule has 0 bridgehead atoms. The van der Waals surface area contributed by atoms with E-state index in [4.69, 9.17) is 9.84 Å². The molecule has 1 amide bonds. The summed E-state index contributed by atoms with van der Waals surface area (Å²) in [6, 6.07) is 5.50. The molecule has 2 rings (SSSR count). The zero-order valence-corrected chi connectivity index (χ0v) is 11.0. The van der Waals surface area contributed by atoms with Gasteiger partial charge >= 0.3 is 5.97 Å². The standard InChI is InChI=1S/C14H17NO4/c1-9(14(17)18)13(16)15(2)11-5-6-12-10(8-11)4-3-7-19-12/h5-6,8-9H,3-4,7H2,1-2H3,(H,17,18). The van der Waals surface area contributed by atoms with Crippen LogP contribution in [0.2, 0.25) is 0 Å². The van der Waals surface area contributed by atoms with E-state index in [1.54, 1.807) is 13.1 Å². The lowest BCUT2D eigenvalue weighted by Gasteiger charge is -2.23. The number of fused-ring (bicyclic) bond motifs is 1. The Balaban J connectivity index is 2.22. The summed E-state index contributed by atoms with van der Waals surface area (Å²) in [5.74, 6) is -1.73. The predicted octanol–water partition coefficient (Wildman–Crippen LogP) is 1.70. The highest BCUT2D eigenvalue weighted by Gasteiger charge is 2.25. The molecule has 0 spiro atoms. The summed E-state index contributed by atoms with van der Waals surface area (Å²) in [6.45, 7) is 2.11. The van der Waals surface area contributed by atoms with Gasteiger partial charge in [-0.2, -0.15) is 0 Å².